The maximum absolute atomic E-state index is 5.48. The number of nitrogens with two attached hydrogens (primary N) is 1. The minimum Gasteiger partial charge on any atom is -0.271 e. The molecule has 2 heteroatoms. The molecule has 3 N–H and O–H groups in total. The first-order valence-corrected chi connectivity index (χ1v) is 4.75. The molecule has 0 bridgehead atoms. The normalized spacial score (nSPS) is 34.1. The summed E-state index contributed by atoms with van der Waals surface area (Å²) in [6, 6.07) is 0.549. The molecule has 11 heavy (non-hydrogen) atoms. The third-order valence-electron chi connectivity index (χ3n) is 3.10. The molecule has 2 nitrogen and oxygen atoms in total. The van der Waals surface area contributed by atoms with Crippen LogP contribution in [0.4, 0.5) is 0 Å². The number of rotatable bonds is 3. The first-order valence-electron chi connectivity index (χ1n) is 4.75. The van der Waals surface area contributed by atoms with E-state index in [4.69, 9.17) is 5.84 Å². The molecule has 0 heterocycles. The second-order valence-corrected chi connectivity index (χ2v) is 3.75. The van der Waals surface area contributed by atoms with Crippen LogP contribution in [0.5, 0.6) is 0 Å². The molecule has 0 spiro atoms. The zero-order valence-corrected chi connectivity index (χ0v) is 7.64. The van der Waals surface area contributed by atoms with Crippen LogP contribution < -0.4 is 11.3 Å². The van der Waals surface area contributed by atoms with Crippen LogP contribution in [0, 0.1) is 11.8 Å². The zero-order valence-electron chi connectivity index (χ0n) is 7.64. The average Bonchev–Trinajstić information content (AvgIpc) is 2.40. The lowest BCUT2D eigenvalue weighted by molar-refractivity contribution is 0.293. The van der Waals surface area contributed by atoms with Gasteiger partial charge in [0.15, 0.2) is 0 Å². The fourth-order valence-corrected chi connectivity index (χ4v) is 2.32. The highest BCUT2D eigenvalue weighted by Gasteiger charge is 2.28. The highest BCUT2D eigenvalue weighted by atomic mass is 15.2. The van der Waals surface area contributed by atoms with Gasteiger partial charge in [-0.3, -0.25) is 11.3 Å². The Balaban J connectivity index is 2.43. The Kier molecular flexibility index (Phi) is 3.34. The number of nitrogens with one attached hydrogen (secondary N) is 1. The molecule has 0 amide bonds. The van der Waals surface area contributed by atoms with Gasteiger partial charge in [-0.2, -0.15) is 0 Å². The van der Waals surface area contributed by atoms with Gasteiger partial charge in [0.05, 0.1) is 0 Å². The second-order valence-electron chi connectivity index (χ2n) is 3.75. The van der Waals surface area contributed by atoms with Gasteiger partial charge >= 0.3 is 0 Å². The highest BCUT2D eigenvalue weighted by molar-refractivity contribution is 4.82. The van der Waals surface area contributed by atoms with Crippen molar-refractivity contribution in [2.24, 2.45) is 17.7 Å². The van der Waals surface area contributed by atoms with Crippen molar-refractivity contribution in [2.75, 3.05) is 0 Å². The van der Waals surface area contributed by atoms with Crippen molar-refractivity contribution in [3.05, 3.63) is 0 Å². The van der Waals surface area contributed by atoms with E-state index in [0.29, 0.717) is 6.04 Å². The summed E-state index contributed by atoms with van der Waals surface area (Å²) in [5.74, 6) is 7.17. The molecule has 1 aliphatic carbocycles. The van der Waals surface area contributed by atoms with Crippen LogP contribution in [0.1, 0.15) is 39.5 Å². The predicted octanol–water partition coefficient (Wildman–Crippen LogP) is 1.66. The van der Waals surface area contributed by atoms with E-state index < -0.39 is 0 Å². The molecule has 1 rings (SSSR count). The molecule has 0 saturated heterocycles. The Morgan fingerprint density at radius 1 is 1.55 bits per heavy atom. The van der Waals surface area contributed by atoms with Crippen molar-refractivity contribution >= 4 is 0 Å². The first kappa shape index (κ1) is 9.01. The Hall–Kier alpha value is -0.0800. The van der Waals surface area contributed by atoms with Gasteiger partial charge in [-0.05, 0) is 24.7 Å². The van der Waals surface area contributed by atoms with Gasteiger partial charge in [0.1, 0.15) is 0 Å². The summed E-state index contributed by atoms with van der Waals surface area (Å²) < 4.78 is 0. The topological polar surface area (TPSA) is 38.0 Å². The molecule has 66 valence electrons. The minimum absolute atomic E-state index is 0.549. The summed E-state index contributed by atoms with van der Waals surface area (Å²) in [6.45, 7) is 4.55. The molecular weight excluding hydrogens is 136 g/mol. The third kappa shape index (κ3) is 1.94. The Morgan fingerprint density at radius 3 is 2.64 bits per heavy atom. The van der Waals surface area contributed by atoms with Crippen molar-refractivity contribution in [3.63, 3.8) is 0 Å². The van der Waals surface area contributed by atoms with Crippen LogP contribution in [0.25, 0.3) is 0 Å². The van der Waals surface area contributed by atoms with Crippen LogP contribution in [0.15, 0.2) is 0 Å². The fraction of sp³-hybridized carbons (Fsp3) is 1.00. The number of hydrogen-bond donors (Lipinski definition) is 2. The van der Waals surface area contributed by atoms with E-state index in [2.05, 4.69) is 19.3 Å². The van der Waals surface area contributed by atoms with E-state index in [-0.39, 0.29) is 0 Å². The Labute approximate surface area is 69.5 Å². The van der Waals surface area contributed by atoms with Crippen molar-refractivity contribution in [3.8, 4) is 0 Å². The van der Waals surface area contributed by atoms with Gasteiger partial charge in [-0.15, -0.1) is 0 Å². The average molecular weight is 156 g/mol. The summed E-state index contributed by atoms with van der Waals surface area (Å²) in [6.07, 6.45) is 5.31. The lowest BCUT2D eigenvalue weighted by Gasteiger charge is -2.24. The van der Waals surface area contributed by atoms with Crippen LogP contribution in [-0.2, 0) is 0 Å². The standard InChI is InChI=1S/C9H20N2/c1-3-9(11-10)8-6-4-5-7(8)2/h7-9,11H,3-6,10H2,1-2H3. The molecule has 0 aromatic carbocycles. The second kappa shape index (κ2) is 4.07. The highest BCUT2D eigenvalue weighted by Crippen LogP contribution is 2.34. The van der Waals surface area contributed by atoms with Crippen LogP contribution in [0.3, 0.4) is 0 Å². The van der Waals surface area contributed by atoms with Crippen molar-refractivity contribution in [1.82, 2.24) is 5.43 Å². The largest absolute Gasteiger partial charge is 0.271 e. The molecule has 0 aromatic rings. The maximum atomic E-state index is 5.48. The Bertz CT molecular complexity index is 110. The van der Waals surface area contributed by atoms with Crippen LogP contribution in [0.2, 0.25) is 0 Å². The van der Waals surface area contributed by atoms with Crippen molar-refractivity contribution < 1.29 is 0 Å². The summed E-state index contributed by atoms with van der Waals surface area (Å²) >= 11 is 0. The molecule has 0 aliphatic heterocycles. The molecule has 3 atom stereocenters. The fourth-order valence-electron chi connectivity index (χ4n) is 2.32. The summed E-state index contributed by atoms with van der Waals surface area (Å²) in [5, 5.41) is 0. The van der Waals surface area contributed by atoms with Gasteiger partial charge in [0.25, 0.3) is 0 Å². The molecule has 0 aromatic heterocycles. The molecule has 1 aliphatic rings. The summed E-state index contributed by atoms with van der Waals surface area (Å²) in [4.78, 5) is 0. The van der Waals surface area contributed by atoms with E-state index in [9.17, 15) is 0 Å². The quantitative estimate of drug-likeness (QED) is 0.482. The smallest absolute Gasteiger partial charge is 0.0238 e. The van der Waals surface area contributed by atoms with Gasteiger partial charge in [0.2, 0.25) is 0 Å². The third-order valence-corrected chi connectivity index (χ3v) is 3.10. The predicted molar refractivity (Wildman–Crippen MR) is 47.9 cm³/mol. The summed E-state index contributed by atoms with van der Waals surface area (Å²) in [7, 11) is 0. The number of hydrogen-bond acceptors (Lipinski definition) is 2. The lowest BCUT2D eigenvalue weighted by atomic mass is 9.89. The van der Waals surface area contributed by atoms with E-state index in [1.165, 1.54) is 19.3 Å². The van der Waals surface area contributed by atoms with E-state index >= 15 is 0 Å². The van der Waals surface area contributed by atoms with Crippen molar-refractivity contribution in [1.29, 1.82) is 0 Å². The van der Waals surface area contributed by atoms with E-state index in [1.54, 1.807) is 0 Å². The van der Waals surface area contributed by atoms with Crippen molar-refractivity contribution in [2.45, 2.75) is 45.6 Å². The van der Waals surface area contributed by atoms with Gasteiger partial charge < -0.3 is 0 Å². The SMILES string of the molecule is CCC(NN)C1CCCC1C. The van der Waals surface area contributed by atoms with Gasteiger partial charge in [0, 0.05) is 6.04 Å². The number of hydrazine groups is 1. The van der Waals surface area contributed by atoms with E-state index in [1.807, 2.05) is 0 Å². The molecular formula is C9H20N2. The van der Waals surface area contributed by atoms with Crippen LogP contribution in [-0.4, -0.2) is 6.04 Å². The first-order chi connectivity index (χ1) is 5.29. The summed E-state index contributed by atoms with van der Waals surface area (Å²) in [5.41, 5.74) is 2.92. The molecule has 1 saturated carbocycles. The minimum atomic E-state index is 0.549. The lowest BCUT2D eigenvalue weighted by Crippen LogP contribution is -2.41. The molecule has 1 fully saturated rings. The van der Waals surface area contributed by atoms with Gasteiger partial charge in [-0.25, -0.2) is 0 Å². The molecule has 0 radical (unpaired) electrons. The Morgan fingerprint density at radius 2 is 2.27 bits per heavy atom. The van der Waals surface area contributed by atoms with E-state index in [0.717, 1.165) is 18.3 Å². The monoisotopic (exact) mass is 156 g/mol. The molecule has 3 unspecified atom stereocenters. The van der Waals surface area contributed by atoms with Gasteiger partial charge in [-0.1, -0.05) is 26.7 Å². The van der Waals surface area contributed by atoms with Crippen LogP contribution >= 0.6 is 0 Å². The zero-order chi connectivity index (χ0) is 8.27. The maximum Gasteiger partial charge on any atom is 0.0238 e.